The second-order valence-electron chi connectivity index (χ2n) is 3.33. The average Bonchev–Trinajstić information content (AvgIpc) is 2.31. The highest BCUT2D eigenvalue weighted by Crippen LogP contribution is 2.30. The van der Waals surface area contributed by atoms with Crippen molar-refractivity contribution in [1.29, 1.82) is 0 Å². The number of esters is 1. The zero-order valence-electron chi connectivity index (χ0n) is 9.53. The maximum absolute atomic E-state index is 12.1. The van der Waals surface area contributed by atoms with E-state index in [9.17, 15) is 22.2 Å². The molecule has 0 spiro atoms. The Balaban J connectivity index is 2.83. The third kappa shape index (κ3) is 4.71. The maximum Gasteiger partial charge on any atom is 0.615 e. The van der Waals surface area contributed by atoms with Gasteiger partial charge in [0, 0.05) is 0 Å². The summed E-state index contributed by atoms with van der Waals surface area (Å²) in [6.07, 6.45) is -0.0814. The number of rotatable bonds is 4. The molecule has 0 N–H and O–H groups in total. The Morgan fingerprint density at radius 2 is 2.05 bits per heavy atom. The van der Waals surface area contributed by atoms with Crippen molar-refractivity contribution in [2.24, 2.45) is 0 Å². The number of carbonyl (C=O) groups is 1. The molecule has 0 saturated heterocycles. The molecule has 0 fully saturated rings. The van der Waals surface area contributed by atoms with Crippen LogP contribution < -0.4 is 4.18 Å². The van der Waals surface area contributed by atoms with Gasteiger partial charge in [-0.05, 0) is 17.7 Å². The second-order valence-corrected chi connectivity index (χ2v) is 4.94. The fourth-order valence-electron chi connectivity index (χ4n) is 1.11. The minimum atomic E-state index is -4.96. The van der Waals surface area contributed by atoms with Gasteiger partial charge in [0.25, 0.3) is 0 Å². The van der Waals surface area contributed by atoms with Gasteiger partial charge in [-0.15, -0.1) is 13.2 Å². The number of carbonyl (C=O) groups excluding carboxylic acids is 1. The van der Waals surface area contributed by atoms with Crippen LogP contribution in [0.5, 0.6) is 5.75 Å². The molecule has 19 heavy (non-hydrogen) atoms. The third-order valence-corrected chi connectivity index (χ3v) is 3.03. The first-order chi connectivity index (χ1) is 8.74. The van der Waals surface area contributed by atoms with E-state index in [1.165, 1.54) is 19.2 Å². The standard InChI is InChI=1S/C10H8ClF3O4S/c1-17-9(15)5-6-2-3-8(7(11)4-6)18-19(16)10(12,13)14/h2-4H,5H2,1H3/p+1. The molecule has 0 amide bonds. The number of ether oxygens (including phenoxy) is 1. The van der Waals surface area contributed by atoms with Gasteiger partial charge in [-0.2, -0.15) is 0 Å². The van der Waals surface area contributed by atoms with Crippen LogP contribution in [0.1, 0.15) is 5.56 Å². The number of hydrogen-bond donors (Lipinski definition) is 0. The Morgan fingerprint density at radius 1 is 1.42 bits per heavy atom. The zero-order valence-corrected chi connectivity index (χ0v) is 11.2. The van der Waals surface area contributed by atoms with Crippen LogP contribution >= 0.6 is 11.6 Å². The fourth-order valence-corrected chi connectivity index (χ4v) is 1.85. The molecular weight excluding hydrogens is 309 g/mol. The molecule has 0 aliphatic rings. The molecule has 0 saturated carbocycles. The molecule has 106 valence electrons. The lowest BCUT2D eigenvalue weighted by Gasteiger charge is -2.05. The molecular formula is C10H9ClF3O4S+. The summed E-state index contributed by atoms with van der Waals surface area (Å²) in [6.45, 7) is 0. The fraction of sp³-hybridized carbons (Fsp3) is 0.300. The van der Waals surface area contributed by atoms with Crippen LogP contribution in [0.3, 0.4) is 0 Å². The first-order valence-electron chi connectivity index (χ1n) is 4.81. The van der Waals surface area contributed by atoms with Crippen molar-refractivity contribution in [1.82, 2.24) is 0 Å². The SMILES string of the molecule is COC(=O)Cc1ccc(O[SH+](=O)C(F)(F)F)c(Cl)c1. The van der Waals surface area contributed by atoms with Crippen LogP contribution in [-0.2, 0) is 31.2 Å². The number of halogens is 4. The van der Waals surface area contributed by atoms with E-state index in [0.29, 0.717) is 5.56 Å². The van der Waals surface area contributed by atoms with Gasteiger partial charge in [-0.3, -0.25) is 8.98 Å². The molecule has 1 aromatic rings. The Morgan fingerprint density at radius 3 is 2.53 bits per heavy atom. The van der Waals surface area contributed by atoms with Crippen LogP contribution in [0.15, 0.2) is 18.2 Å². The highest BCUT2D eigenvalue weighted by Gasteiger charge is 2.47. The molecule has 1 atom stereocenters. The summed E-state index contributed by atoms with van der Waals surface area (Å²) in [4.78, 5) is 11.0. The quantitative estimate of drug-likeness (QED) is 0.486. The van der Waals surface area contributed by atoms with Crippen molar-refractivity contribution in [2.75, 3.05) is 7.11 Å². The van der Waals surface area contributed by atoms with E-state index in [2.05, 4.69) is 8.92 Å². The normalized spacial score (nSPS) is 12.9. The highest BCUT2D eigenvalue weighted by molar-refractivity contribution is 7.81. The van der Waals surface area contributed by atoms with Gasteiger partial charge in [0.2, 0.25) is 5.75 Å². The molecule has 1 aromatic carbocycles. The number of hydrogen-bond acceptors (Lipinski definition) is 4. The van der Waals surface area contributed by atoms with Crippen molar-refractivity contribution >= 4 is 28.7 Å². The van der Waals surface area contributed by atoms with Gasteiger partial charge in [0.1, 0.15) is 0 Å². The minimum absolute atomic E-state index is 0.0814. The van der Waals surface area contributed by atoms with Crippen molar-refractivity contribution in [2.45, 2.75) is 11.9 Å². The Hall–Kier alpha value is -1.28. The van der Waals surface area contributed by atoms with Gasteiger partial charge in [0.05, 0.1) is 18.6 Å². The maximum atomic E-state index is 12.1. The number of benzene rings is 1. The molecule has 9 heteroatoms. The summed E-state index contributed by atoms with van der Waals surface area (Å²) >= 11 is 1.81. The summed E-state index contributed by atoms with van der Waals surface area (Å²) < 4.78 is 55.6. The second kappa shape index (κ2) is 6.25. The summed E-state index contributed by atoms with van der Waals surface area (Å²) in [5.41, 5.74) is -4.52. The van der Waals surface area contributed by atoms with Crippen LogP contribution in [0.2, 0.25) is 5.02 Å². The smallest absolute Gasteiger partial charge is 0.469 e. The van der Waals surface area contributed by atoms with Gasteiger partial charge in [-0.25, -0.2) is 0 Å². The van der Waals surface area contributed by atoms with Crippen molar-refractivity contribution in [3.63, 3.8) is 0 Å². The van der Waals surface area contributed by atoms with E-state index in [1.807, 2.05) is 0 Å². The van der Waals surface area contributed by atoms with Gasteiger partial charge < -0.3 is 4.74 Å². The third-order valence-electron chi connectivity index (χ3n) is 1.96. The molecule has 0 aromatic heterocycles. The zero-order chi connectivity index (χ0) is 14.6. The lowest BCUT2D eigenvalue weighted by molar-refractivity contribution is -0.139. The summed E-state index contributed by atoms with van der Waals surface area (Å²) in [5.74, 6) is -0.889. The predicted octanol–water partition coefficient (Wildman–Crippen LogP) is 2.57. The molecule has 1 unspecified atom stereocenters. The van der Waals surface area contributed by atoms with E-state index < -0.39 is 22.6 Å². The molecule has 0 heterocycles. The molecule has 0 radical (unpaired) electrons. The lowest BCUT2D eigenvalue weighted by atomic mass is 10.1. The largest absolute Gasteiger partial charge is 0.615 e. The Bertz CT molecular complexity index is 504. The topological polar surface area (TPSA) is 52.6 Å². The Kier molecular flexibility index (Phi) is 5.19. The summed E-state index contributed by atoms with van der Waals surface area (Å²) in [5, 5.41) is -0.172. The van der Waals surface area contributed by atoms with Gasteiger partial charge in [0.15, 0.2) is 0 Å². The monoisotopic (exact) mass is 317 g/mol. The number of methoxy groups -OCH3 is 1. The summed E-state index contributed by atoms with van der Waals surface area (Å²) in [6, 6.07) is 3.69. The molecule has 0 aliphatic carbocycles. The van der Waals surface area contributed by atoms with Crippen molar-refractivity contribution in [3.8, 4) is 5.75 Å². The first-order valence-corrected chi connectivity index (χ1v) is 6.37. The Labute approximate surface area is 114 Å². The van der Waals surface area contributed by atoms with Gasteiger partial charge >= 0.3 is 22.6 Å². The molecule has 0 bridgehead atoms. The lowest BCUT2D eigenvalue weighted by Crippen LogP contribution is -2.20. The van der Waals surface area contributed by atoms with E-state index in [0.717, 1.165) is 6.07 Å². The molecule has 0 aliphatic heterocycles. The van der Waals surface area contributed by atoms with Crippen LogP contribution in [-0.4, -0.2) is 18.6 Å². The van der Waals surface area contributed by atoms with Gasteiger partial charge in [-0.1, -0.05) is 21.9 Å². The van der Waals surface area contributed by atoms with Crippen LogP contribution in [0.25, 0.3) is 0 Å². The molecule has 4 nitrogen and oxygen atoms in total. The van der Waals surface area contributed by atoms with Crippen molar-refractivity contribution < 1.29 is 31.1 Å². The number of thiol groups is 1. The first kappa shape index (κ1) is 15.8. The minimum Gasteiger partial charge on any atom is -0.469 e. The van der Waals surface area contributed by atoms with E-state index in [1.54, 1.807) is 0 Å². The van der Waals surface area contributed by atoms with E-state index in [4.69, 9.17) is 11.6 Å². The highest BCUT2D eigenvalue weighted by atomic mass is 35.5. The van der Waals surface area contributed by atoms with E-state index >= 15 is 0 Å². The van der Waals surface area contributed by atoms with E-state index in [-0.39, 0.29) is 17.2 Å². The predicted molar refractivity (Wildman–Crippen MR) is 63.3 cm³/mol. The van der Waals surface area contributed by atoms with Crippen LogP contribution in [0, 0.1) is 0 Å². The molecule has 1 rings (SSSR count). The van der Waals surface area contributed by atoms with Crippen molar-refractivity contribution in [3.05, 3.63) is 28.8 Å². The number of alkyl halides is 3. The summed E-state index contributed by atoms with van der Waals surface area (Å²) in [7, 11) is 1.20. The van der Waals surface area contributed by atoms with Crippen LogP contribution in [0.4, 0.5) is 13.2 Å². The average molecular weight is 318 g/mol.